The van der Waals surface area contributed by atoms with Crippen LogP contribution in [0.4, 0.5) is 9.93 Å². The van der Waals surface area contributed by atoms with Gasteiger partial charge >= 0.3 is 6.03 Å². The van der Waals surface area contributed by atoms with E-state index < -0.39 is 0 Å². The van der Waals surface area contributed by atoms with Crippen LogP contribution in [0.3, 0.4) is 0 Å². The van der Waals surface area contributed by atoms with Gasteiger partial charge < -0.3 is 15.5 Å². The Bertz CT molecular complexity index is 1110. The molecule has 4 aromatic rings. The Morgan fingerprint density at radius 3 is 2.15 bits per heavy atom. The minimum Gasteiger partial charge on any atom is -0.348 e. The minimum absolute atomic E-state index is 0.124. The first-order chi connectivity index (χ1) is 16.3. The van der Waals surface area contributed by atoms with E-state index in [4.69, 9.17) is 4.98 Å². The molecule has 168 valence electrons. The summed E-state index contributed by atoms with van der Waals surface area (Å²) in [6.07, 6.45) is 2.11. The molecule has 0 unspecified atom stereocenters. The zero-order chi connectivity index (χ0) is 22.5. The lowest BCUT2D eigenvalue weighted by atomic mass is 9.97. The molecule has 5 nitrogen and oxygen atoms in total. The molecule has 5 rings (SSSR count). The summed E-state index contributed by atoms with van der Waals surface area (Å²) in [6.45, 7) is 2.64. The largest absolute Gasteiger partial charge is 0.348 e. The Labute approximate surface area is 198 Å². The number of thiazole rings is 1. The van der Waals surface area contributed by atoms with Crippen molar-refractivity contribution < 1.29 is 4.79 Å². The lowest BCUT2D eigenvalue weighted by Crippen LogP contribution is -2.43. The molecule has 0 bridgehead atoms. The maximum Gasteiger partial charge on any atom is 0.315 e. The molecule has 1 fully saturated rings. The highest BCUT2D eigenvalue weighted by atomic mass is 32.1. The SMILES string of the molecule is O=C(NCC1CCN(c2nc3ccccc3s2)CC1)NC(c1ccccc1)c1ccccc1. The quantitative estimate of drug-likeness (QED) is 0.397. The first-order valence-corrected chi connectivity index (χ1v) is 12.3. The average molecular weight is 457 g/mol. The van der Waals surface area contributed by atoms with E-state index in [1.165, 1.54) is 4.70 Å². The van der Waals surface area contributed by atoms with Crippen LogP contribution in [0.2, 0.25) is 0 Å². The van der Waals surface area contributed by atoms with E-state index in [9.17, 15) is 4.79 Å². The third kappa shape index (κ3) is 5.17. The van der Waals surface area contributed by atoms with Crippen LogP contribution in [0, 0.1) is 5.92 Å². The van der Waals surface area contributed by atoms with Gasteiger partial charge in [0.05, 0.1) is 16.3 Å². The first kappa shape index (κ1) is 21.5. The maximum atomic E-state index is 12.8. The van der Waals surface area contributed by atoms with E-state index in [0.29, 0.717) is 12.5 Å². The molecule has 3 aromatic carbocycles. The molecule has 1 aliphatic heterocycles. The Morgan fingerprint density at radius 2 is 1.52 bits per heavy atom. The van der Waals surface area contributed by atoms with Gasteiger partial charge in [0, 0.05) is 19.6 Å². The third-order valence-corrected chi connectivity index (χ3v) is 7.36. The van der Waals surface area contributed by atoms with Gasteiger partial charge in [-0.15, -0.1) is 0 Å². The number of fused-ring (bicyclic) bond motifs is 1. The van der Waals surface area contributed by atoms with Gasteiger partial charge in [0.1, 0.15) is 0 Å². The van der Waals surface area contributed by atoms with Crippen molar-refractivity contribution in [3.05, 3.63) is 96.1 Å². The summed E-state index contributed by atoms with van der Waals surface area (Å²) in [6, 6.07) is 28.2. The number of benzene rings is 3. The number of hydrogen-bond acceptors (Lipinski definition) is 4. The van der Waals surface area contributed by atoms with Crippen LogP contribution in [-0.2, 0) is 0 Å². The second-order valence-electron chi connectivity index (χ2n) is 8.50. The second kappa shape index (κ2) is 10.0. The number of amides is 2. The van der Waals surface area contributed by atoms with Crippen LogP contribution in [0.15, 0.2) is 84.9 Å². The molecule has 33 heavy (non-hydrogen) atoms. The number of aromatic nitrogens is 1. The van der Waals surface area contributed by atoms with E-state index in [1.54, 1.807) is 11.3 Å². The number of carbonyl (C=O) groups excluding carboxylic acids is 1. The maximum absolute atomic E-state index is 12.8. The molecular formula is C27H28N4OS. The van der Waals surface area contributed by atoms with Gasteiger partial charge in [0.2, 0.25) is 0 Å². The lowest BCUT2D eigenvalue weighted by molar-refractivity contribution is 0.235. The van der Waals surface area contributed by atoms with Crippen LogP contribution < -0.4 is 15.5 Å². The molecule has 2 heterocycles. The van der Waals surface area contributed by atoms with Crippen LogP contribution in [0.25, 0.3) is 10.2 Å². The van der Waals surface area contributed by atoms with E-state index in [1.807, 2.05) is 42.5 Å². The summed E-state index contributed by atoms with van der Waals surface area (Å²) in [5, 5.41) is 7.39. The molecule has 6 heteroatoms. The number of nitrogens with zero attached hydrogens (tertiary/aromatic N) is 2. The van der Waals surface area contributed by atoms with Gasteiger partial charge in [-0.05, 0) is 42.0 Å². The summed E-state index contributed by atoms with van der Waals surface area (Å²) in [7, 11) is 0. The Balaban J connectivity index is 1.15. The number of urea groups is 1. The summed E-state index contributed by atoms with van der Waals surface area (Å²) in [4.78, 5) is 20.0. The van der Waals surface area contributed by atoms with Crippen LogP contribution in [-0.4, -0.2) is 30.6 Å². The smallest absolute Gasteiger partial charge is 0.315 e. The molecular weight excluding hydrogens is 428 g/mol. The Hall–Kier alpha value is -3.38. The van der Waals surface area contributed by atoms with Crippen LogP contribution in [0.1, 0.15) is 30.0 Å². The van der Waals surface area contributed by atoms with Gasteiger partial charge in [-0.2, -0.15) is 0 Å². The molecule has 0 aliphatic carbocycles. The fraction of sp³-hybridized carbons (Fsp3) is 0.259. The molecule has 1 aromatic heterocycles. The van der Waals surface area contributed by atoms with Gasteiger partial charge in [0.15, 0.2) is 5.13 Å². The fourth-order valence-corrected chi connectivity index (χ4v) is 5.41. The van der Waals surface area contributed by atoms with E-state index in [2.05, 4.69) is 58.0 Å². The predicted molar refractivity (Wildman–Crippen MR) is 136 cm³/mol. The standard InChI is InChI=1S/C27H28N4OS/c32-26(30-25(21-9-3-1-4-10-21)22-11-5-2-6-12-22)28-19-20-15-17-31(18-16-20)27-29-23-13-7-8-14-24(23)33-27/h1-14,20,25H,15-19H2,(H2,28,30,32). The summed E-state index contributed by atoms with van der Waals surface area (Å²) in [5.41, 5.74) is 3.22. The van der Waals surface area contributed by atoms with E-state index in [0.717, 1.165) is 47.7 Å². The summed E-state index contributed by atoms with van der Waals surface area (Å²) >= 11 is 1.76. The predicted octanol–water partition coefficient (Wildman–Crippen LogP) is 5.60. The second-order valence-corrected chi connectivity index (χ2v) is 9.51. The van der Waals surface area contributed by atoms with E-state index >= 15 is 0 Å². The zero-order valence-corrected chi connectivity index (χ0v) is 19.3. The normalized spacial score (nSPS) is 14.5. The van der Waals surface area contributed by atoms with Gasteiger partial charge in [-0.25, -0.2) is 9.78 Å². The molecule has 0 atom stereocenters. The van der Waals surface area contributed by atoms with Gasteiger partial charge in [0.25, 0.3) is 0 Å². The van der Waals surface area contributed by atoms with Crippen molar-refractivity contribution in [2.24, 2.45) is 5.92 Å². The van der Waals surface area contributed by atoms with Crippen molar-refractivity contribution in [2.75, 3.05) is 24.5 Å². The fourth-order valence-electron chi connectivity index (χ4n) is 4.39. The number of para-hydroxylation sites is 1. The number of anilines is 1. The van der Waals surface area contributed by atoms with Crippen molar-refractivity contribution in [3.63, 3.8) is 0 Å². The summed E-state index contributed by atoms with van der Waals surface area (Å²) in [5.74, 6) is 0.480. The van der Waals surface area contributed by atoms with Gasteiger partial charge in [-0.3, -0.25) is 0 Å². The van der Waals surface area contributed by atoms with Crippen LogP contribution in [0.5, 0.6) is 0 Å². The topological polar surface area (TPSA) is 57.3 Å². The molecule has 1 saturated heterocycles. The van der Waals surface area contributed by atoms with Crippen LogP contribution >= 0.6 is 11.3 Å². The van der Waals surface area contributed by atoms with Gasteiger partial charge in [-0.1, -0.05) is 84.1 Å². The summed E-state index contributed by atoms with van der Waals surface area (Å²) < 4.78 is 1.24. The number of piperidine rings is 1. The Morgan fingerprint density at radius 1 is 0.909 bits per heavy atom. The van der Waals surface area contributed by atoms with Crippen molar-refractivity contribution in [1.29, 1.82) is 0 Å². The highest BCUT2D eigenvalue weighted by molar-refractivity contribution is 7.22. The minimum atomic E-state index is -0.173. The van der Waals surface area contributed by atoms with Crippen molar-refractivity contribution in [1.82, 2.24) is 15.6 Å². The molecule has 0 spiro atoms. The number of carbonyl (C=O) groups is 1. The molecule has 2 N–H and O–H groups in total. The third-order valence-electron chi connectivity index (χ3n) is 6.26. The van der Waals surface area contributed by atoms with Crippen molar-refractivity contribution >= 4 is 32.7 Å². The van der Waals surface area contributed by atoms with E-state index in [-0.39, 0.29) is 12.1 Å². The lowest BCUT2D eigenvalue weighted by Gasteiger charge is -2.32. The molecule has 0 radical (unpaired) electrons. The molecule has 0 saturated carbocycles. The number of rotatable bonds is 6. The highest BCUT2D eigenvalue weighted by Crippen LogP contribution is 2.31. The Kier molecular flexibility index (Phi) is 6.53. The van der Waals surface area contributed by atoms with Crippen molar-refractivity contribution in [2.45, 2.75) is 18.9 Å². The first-order valence-electron chi connectivity index (χ1n) is 11.5. The monoisotopic (exact) mass is 456 g/mol. The number of nitrogens with one attached hydrogen (secondary N) is 2. The highest BCUT2D eigenvalue weighted by Gasteiger charge is 2.23. The molecule has 1 aliphatic rings. The molecule has 2 amide bonds. The zero-order valence-electron chi connectivity index (χ0n) is 18.5. The number of hydrogen-bond donors (Lipinski definition) is 2. The van der Waals surface area contributed by atoms with Crippen molar-refractivity contribution in [3.8, 4) is 0 Å². The average Bonchev–Trinajstić information content (AvgIpc) is 3.32.